The van der Waals surface area contributed by atoms with Crippen LogP contribution in [0.1, 0.15) is 35.6 Å². The molecule has 6 heteroatoms. The first-order valence-corrected chi connectivity index (χ1v) is 5.87. The lowest BCUT2D eigenvalue weighted by Crippen LogP contribution is -2.37. The quantitative estimate of drug-likeness (QED) is 0.843. The number of nitrogens with one attached hydrogen (secondary N) is 2. The van der Waals surface area contributed by atoms with E-state index in [1.54, 1.807) is 6.07 Å². The summed E-state index contributed by atoms with van der Waals surface area (Å²) in [6, 6.07) is 2.03. The Kier molecular flexibility index (Phi) is 7.47. The van der Waals surface area contributed by atoms with Gasteiger partial charge in [0.15, 0.2) is 0 Å². The maximum absolute atomic E-state index is 12.0. The number of hydrogen-bond donors (Lipinski definition) is 2. The van der Waals surface area contributed by atoms with Crippen molar-refractivity contribution in [1.29, 1.82) is 0 Å². The third kappa shape index (κ3) is 4.58. The van der Waals surface area contributed by atoms with Crippen LogP contribution in [0.25, 0.3) is 0 Å². The molecule has 0 aliphatic carbocycles. The van der Waals surface area contributed by atoms with Gasteiger partial charge in [0.25, 0.3) is 5.91 Å². The summed E-state index contributed by atoms with van der Waals surface area (Å²) < 4.78 is 0. The minimum Gasteiger partial charge on any atom is -0.350 e. The second-order valence-electron chi connectivity index (χ2n) is 4.10. The minimum atomic E-state index is -0.0815. The van der Waals surface area contributed by atoms with Crippen LogP contribution in [0.5, 0.6) is 0 Å². The largest absolute Gasteiger partial charge is 0.350 e. The number of aryl methyl sites for hydroxylation is 2. The van der Waals surface area contributed by atoms with Crippen LogP contribution < -0.4 is 10.6 Å². The van der Waals surface area contributed by atoms with E-state index in [9.17, 15) is 4.79 Å². The third-order valence-corrected chi connectivity index (χ3v) is 2.63. The first kappa shape index (κ1) is 16.8. The Balaban J connectivity index is 0.00000289. The highest BCUT2D eigenvalue weighted by molar-refractivity contribution is 5.95. The van der Waals surface area contributed by atoms with Crippen LogP contribution in [0.4, 0.5) is 0 Å². The molecule has 1 atom stereocenters. The van der Waals surface area contributed by atoms with Crippen LogP contribution in [0.2, 0.25) is 0 Å². The fourth-order valence-corrected chi connectivity index (χ4v) is 1.41. The first-order chi connectivity index (χ1) is 8.08. The molecule has 1 rings (SSSR count). The van der Waals surface area contributed by atoms with Gasteiger partial charge in [0.05, 0.1) is 17.0 Å². The highest BCUT2D eigenvalue weighted by Crippen LogP contribution is 2.07. The van der Waals surface area contributed by atoms with Crippen molar-refractivity contribution in [2.45, 2.75) is 33.2 Å². The molecule has 0 radical (unpaired) electrons. The minimum absolute atomic E-state index is 0. The van der Waals surface area contributed by atoms with Gasteiger partial charge in [-0.15, -0.1) is 12.4 Å². The number of nitrogens with zero attached hydrogens (tertiary/aromatic N) is 2. The first-order valence-electron chi connectivity index (χ1n) is 5.87. The maximum Gasteiger partial charge on any atom is 0.253 e. The summed E-state index contributed by atoms with van der Waals surface area (Å²) in [7, 11) is 1.87. The van der Waals surface area contributed by atoms with Gasteiger partial charge in [-0.1, -0.05) is 6.92 Å². The van der Waals surface area contributed by atoms with Gasteiger partial charge in [-0.05, 0) is 33.4 Å². The monoisotopic (exact) mass is 272 g/mol. The van der Waals surface area contributed by atoms with Crippen molar-refractivity contribution < 1.29 is 4.79 Å². The highest BCUT2D eigenvalue weighted by atomic mass is 35.5. The molecule has 5 nitrogen and oxygen atoms in total. The van der Waals surface area contributed by atoms with E-state index < -0.39 is 0 Å². The van der Waals surface area contributed by atoms with Gasteiger partial charge in [-0.3, -0.25) is 4.79 Å². The molecule has 0 spiro atoms. The van der Waals surface area contributed by atoms with E-state index in [1.807, 2.05) is 27.8 Å². The number of aromatic nitrogens is 2. The molecule has 18 heavy (non-hydrogen) atoms. The predicted octanol–water partition coefficient (Wildman–Crippen LogP) is 1.11. The van der Waals surface area contributed by atoms with Gasteiger partial charge in [-0.25, -0.2) is 0 Å². The molecule has 0 aromatic carbocycles. The molecule has 1 amide bonds. The number of hydrogen-bond acceptors (Lipinski definition) is 4. The van der Waals surface area contributed by atoms with Crippen molar-refractivity contribution >= 4 is 18.3 Å². The van der Waals surface area contributed by atoms with Crippen LogP contribution in [-0.4, -0.2) is 35.7 Å². The van der Waals surface area contributed by atoms with E-state index in [-0.39, 0.29) is 24.4 Å². The average Bonchev–Trinajstić information content (AvgIpc) is 2.35. The normalized spacial score (nSPS) is 11.6. The molecule has 0 aliphatic heterocycles. The summed E-state index contributed by atoms with van der Waals surface area (Å²) >= 11 is 0. The van der Waals surface area contributed by atoms with Gasteiger partial charge < -0.3 is 10.6 Å². The summed E-state index contributed by atoms with van der Waals surface area (Å²) in [6.45, 7) is 6.41. The molecule has 0 aliphatic rings. The Morgan fingerprint density at radius 3 is 2.67 bits per heavy atom. The van der Waals surface area contributed by atoms with Crippen molar-refractivity contribution in [3.63, 3.8) is 0 Å². The second kappa shape index (κ2) is 8.00. The SMILES string of the molecule is CCc1nnc(C)cc1C(=O)NCC(C)NC.Cl. The van der Waals surface area contributed by atoms with Gasteiger partial charge in [-0.2, -0.15) is 10.2 Å². The summed E-state index contributed by atoms with van der Waals surface area (Å²) in [5.41, 5.74) is 2.13. The molecule has 102 valence electrons. The summed E-state index contributed by atoms with van der Waals surface area (Å²) in [6.07, 6.45) is 0.706. The van der Waals surface area contributed by atoms with Gasteiger partial charge >= 0.3 is 0 Å². The molecule has 0 bridgehead atoms. The average molecular weight is 273 g/mol. The van der Waals surface area contributed by atoms with E-state index in [0.29, 0.717) is 18.5 Å². The van der Waals surface area contributed by atoms with Crippen molar-refractivity contribution in [3.05, 3.63) is 23.0 Å². The number of amides is 1. The molecule has 1 unspecified atom stereocenters. The lowest BCUT2D eigenvalue weighted by atomic mass is 10.1. The Bertz CT molecular complexity index is 398. The van der Waals surface area contributed by atoms with E-state index in [4.69, 9.17) is 0 Å². The number of halogens is 1. The summed E-state index contributed by atoms with van der Waals surface area (Å²) in [5.74, 6) is -0.0815. The Hall–Kier alpha value is -1.20. The van der Waals surface area contributed by atoms with Gasteiger partial charge in [0, 0.05) is 12.6 Å². The fraction of sp³-hybridized carbons (Fsp3) is 0.583. The molecule has 1 aromatic rings. The van der Waals surface area contributed by atoms with E-state index in [2.05, 4.69) is 20.8 Å². The van der Waals surface area contributed by atoms with Crippen LogP contribution in [-0.2, 0) is 6.42 Å². The zero-order valence-electron chi connectivity index (χ0n) is 11.3. The molecule has 1 aromatic heterocycles. The molecule has 0 saturated heterocycles. The molecule has 2 N–H and O–H groups in total. The summed E-state index contributed by atoms with van der Waals surface area (Å²) in [5, 5.41) is 14.0. The number of rotatable bonds is 5. The predicted molar refractivity (Wildman–Crippen MR) is 74.2 cm³/mol. The zero-order valence-corrected chi connectivity index (χ0v) is 12.1. The van der Waals surface area contributed by atoms with Crippen LogP contribution in [0.3, 0.4) is 0 Å². The second-order valence-corrected chi connectivity index (χ2v) is 4.10. The highest BCUT2D eigenvalue weighted by Gasteiger charge is 2.13. The van der Waals surface area contributed by atoms with E-state index >= 15 is 0 Å². The molecular weight excluding hydrogens is 252 g/mol. The lowest BCUT2D eigenvalue weighted by molar-refractivity contribution is 0.0949. The number of likely N-dealkylation sites (N-methyl/N-ethyl adjacent to an activating group) is 1. The number of carbonyl (C=O) groups is 1. The van der Waals surface area contributed by atoms with Crippen molar-refractivity contribution in [1.82, 2.24) is 20.8 Å². The fourth-order valence-electron chi connectivity index (χ4n) is 1.41. The summed E-state index contributed by atoms with van der Waals surface area (Å²) in [4.78, 5) is 12.0. The van der Waals surface area contributed by atoms with E-state index in [1.165, 1.54) is 0 Å². The topological polar surface area (TPSA) is 66.9 Å². The standard InChI is InChI=1S/C12H20N4O.ClH/c1-5-11-10(6-8(2)15-16-11)12(17)14-7-9(3)13-4;/h6,9,13H,5,7H2,1-4H3,(H,14,17);1H. The smallest absolute Gasteiger partial charge is 0.253 e. The molecular formula is C12H21ClN4O. The van der Waals surface area contributed by atoms with Crippen LogP contribution in [0, 0.1) is 6.92 Å². The zero-order chi connectivity index (χ0) is 12.8. The maximum atomic E-state index is 12.0. The van der Waals surface area contributed by atoms with Gasteiger partial charge in [0.2, 0.25) is 0 Å². The van der Waals surface area contributed by atoms with Crippen LogP contribution in [0.15, 0.2) is 6.07 Å². The molecule has 1 heterocycles. The van der Waals surface area contributed by atoms with Crippen molar-refractivity contribution in [2.24, 2.45) is 0 Å². The Morgan fingerprint density at radius 1 is 1.44 bits per heavy atom. The third-order valence-electron chi connectivity index (χ3n) is 2.63. The number of carbonyl (C=O) groups excluding carboxylic acids is 1. The van der Waals surface area contributed by atoms with Crippen molar-refractivity contribution in [3.8, 4) is 0 Å². The van der Waals surface area contributed by atoms with Crippen molar-refractivity contribution in [2.75, 3.05) is 13.6 Å². The van der Waals surface area contributed by atoms with E-state index in [0.717, 1.165) is 11.4 Å². The lowest BCUT2D eigenvalue weighted by Gasteiger charge is -2.12. The van der Waals surface area contributed by atoms with Crippen LogP contribution >= 0.6 is 12.4 Å². The van der Waals surface area contributed by atoms with Gasteiger partial charge in [0.1, 0.15) is 0 Å². The molecule has 0 saturated carbocycles. The molecule has 0 fully saturated rings. The Morgan fingerprint density at radius 2 is 2.11 bits per heavy atom. The Labute approximate surface area is 114 Å².